The van der Waals surface area contributed by atoms with Crippen molar-refractivity contribution in [3.05, 3.63) is 23.3 Å². The first-order chi connectivity index (χ1) is 15.7. The Kier molecular flexibility index (Phi) is 5.96. The minimum atomic E-state index is -1.26. The van der Waals surface area contributed by atoms with Crippen LogP contribution in [0.3, 0.4) is 0 Å². The summed E-state index contributed by atoms with van der Waals surface area (Å²) in [7, 11) is 0. The Labute approximate surface area is 197 Å². The van der Waals surface area contributed by atoms with Crippen LogP contribution < -0.4 is 0 Å². The third-order valence-electron chi connectivity index (χ3n) is 10.2. The van der Waals surface area contributed by atoms with Gasteiger partial charge in [-0.3, -0.25) is 19.4 Å². The smallest absolute Gasteiger partial charge is 0.178 e. The number of carbonyl (C=O) groups excluding carboxylic acids is 2. The summed E-state index contributed by atoms with van der Waals surface area (Å²) in [6.45, 7) is 8.98. The first-order valence-electron chi connectivity index (χ1n) is 13.0. The van der Waals surface area contributed by atoms with E-state index >= 15 is 0 Å². The maximum Gasteiger partial charge on any atom is 0.178 e. The lowest BCUT2D eigenvalue weighted by atomic mass is 9.50. The Morgan fingerprint density at radius 2 is 1.82 bits per heavy atom. The second kappa shape index (κ2) is 8.40. The molecule has 5 rings (SSSR count). The average molecular weight is 457 g/mol. The van der Waals surface area contributed by atoms with Crippen molar-refractivity contribution in [2.45, 2.75) is 64.4 Å². The Morgan fingerprint density at radius 1 is 1.09 bits per heavy atom. The van der Waals surface area contributed by atoms with Crippen LogP contribution in [0.15, 0.2) is 23.3 Å². The second-order valence-corrected chi connectivity index (χ2v) is 11.7. The van der Waals surface area contributed by atoms with Crippen molar-refractivity contribution >= 4 is 11.6 Å². The number of β-amino-alcohol motifs (C(OH)–C–C–N with tert-alkyl or cyclic N) is 1. The number of aliphatic hydroxyl groups is 2. The van der Waals surface area contributed by atoms with Crippen molar-refractivity contribution in [3.63, 3.8) is 0 Å². The zero-order chi connectivity index (χ0) is 23.4. The van der Waals surface area contributed by atoms with Gasteiger partial charge in [0.25, 0.3) is 0 Å². The molecule has 0 spiro atoms. The third kappa shape index (κ3) is 3.60. The van der Waals surface area contributed by atoms with Gasteiger partial charge in [-0.25, -0.2) is 0 Å². The first-order valence-corrected chi connectivity index (χ1v) is 13.0. The van der Waals surface area contributed by atoms with Crippen molar-refractivity contribution in [3.8, 4) is 0 Å². The van der Waals surface area contributed by atoms with Crippen molar-refractivity contribution in [1.29, 1.82) is 0 Å². The van der Waals surface area contributed by atoms with Crippen molar-refractivity contribution < 1.29 is 19.8 Å². The number of fused-ring (bicyclic) bond motifs is 5. The van der Waals surface area contributed by atoms with Crippen LogP contribution in [-0.2, 0) is 9.59 Å². The van der Waals surface area contributed by atoms with E-state index in [1.807, 2.05) is 6.08 Å². The number of aliphatic hydroxyl groups excluding tert-OH is 1. The summed E-state index contributed by atoms with van der Waals surface area (Å²) in [6, 6.07) is 0. The van der Waals surface area contributed by atoms with Gasteiger partial charge in [0.2, 0.25) is 0 Å². The number of piperazine rings is 1. The first kappa shape index (κ1) is 23.4. The van der Waals surface area contributed by atoms with E-state index in [0.717, 1.165) is 58.3 Å². The SMILES string of the molecule is C[C@]12CCC(=O)C=C1CCC1C2=CC[C@@]2(C)C1CC[C@]2(O)C(=O)CN1CCN(CCO)CC1. The van der Waals surface area contributed by atoms with Gasteiger partial charge in [0.1, 0.15) is 5.60 Å². The number of rotatable bonds is 5. The van der Waals surface area contributed by atoms with Crippen LogP contribution in [0.1, 0.15) is 58.8 Å². The minimum absolute atomic E-state index is 0.00849. The van der Waals surface area contributed by atoms with Crippen LogP contribution >= 0.6 is 0 Å². The highest BCUT2D eigenvalue weighted by Gasteiger charge is 2.64. The standard InChI is InChI=1S/C27H40N2O4/c1-25-8-5-20(31)17-19(25)3-4-21-22(25)6-9-26(2)23(21)7-10-27(26,33)24(32)18-29-13-11-28(12-14-29)15-16-30/h6,17,21,23,30,33H,3-5,7-16,18H2,1-2H3/t21?,23?,25-,26-,27-/m0/s1. The molecular weight excluding hydrogens is 416 g/mol. The molecule has 0 amide bonds. The zero-order valence-corrected chi connectivity index (χ0v) is 20.3. The zero-order valence-electron chi connectivity index (χ0n) is 20.3. The molecule has 2 unspecified atom stereocenters. The lowest BCUT2D eigenvalue weighted by Crippen LogP contribution is -2.58. The highest BCUT2D eigenvalue weighted by Crippen LogP contribution is 2.65. The molecule has 1 aliphatic heterocycles. The van der Waals surface area contributed by atoms with Crippen LogP contribution in [0.25, 0.3) is 0 Å². The van der Waals surface area contributed by atoms with Gasteiger partial charge in [-0.05, 0) is 56.4 Å². The van der Waals surface area contributed by atoms with E-state index in [4.69, 9.17) is 5.11 Å². The molecule has 0 aromatic carbocycles. The number of carbonyl (C=O) groups is 2. The molecule has 2 saturated carbocycles. The van der Waals surface area contributed by atoms with Gasteiger partial charge >= 0.3 is 0 Å². The molecule has 0 aromatic rings. The highest BCUT2D eigenvalue weighted by atomic mass is 16.3. The number of allylic oxidation sites excluding steroid dienone is 4. The fraction of sp³-hybridized carbons (Fsp3) is 0.778. The molecule has 0 bridgehead atoms. The summed E-state index contributed by atoms with van der Waals surface area (Å²) in [5.74, 6) is 0.984. The minimum Gasteiger partial charge on any atom is -0.395 e. The summed E-state index contributed by atoms with van der Waals surface area (Å²) in [5, 5.41) is 21.1. The summed E-state index contributed by atoms with van der Waals surface area (Å²) in [5.41, 5.74) is 1.08. The van der Waals surface area contributed by atoms with Gasteiger partial charge < -0.3 is 10.2 Å². The molecule has 5 aliphatic rings. The second-order valence-electron chi connectivity index (χ2n) is 11.7. The van der Waals surface area contributed by atoms with Gasteiger partial charge in [-0.15, -0.1) is 0 Å². The molecule has 6 heteroatoms. The van der Waals surface area contributed by atoms with Crippen LogP contribution in [0, 0.1) is 22.7 Å². The summed E-state index contributed by atoms with van der Waals surface area (Å²) in [4.78, 5) is 30.0. The van der Waals surface area contributed by atoms with Gasteiger partial charge in [0.15, 0.2) is 11.6 Å². The topological polar surface area (TPSA) is 81.1 Å². The molecule has 0 radical (unpaired) electrons. The molecule has 3 fully saturated rings. The van der Waals surface area contributed by atoms with Crippen molar-refractivity contribution in [2.24, 2.45) is 22.7 Å². The Balaban J connectivity index is 1.34. The van der Waals surface area contributed by atoms with Crippen LogP contribution in [0.2, 0.25) is 0 Å². The fourth-order valence-electron chi connectivity index (χ4n) is 7.97. The monoisotopic (exact) mass is 456 g/mol. The quantitative estimate of drug-likeness (QED) is 0.618. The number of nitrogens with zero attached hydrogens (tertiary/aromatic N) is 2. The average Bonchev–Trinajstić information content (AvgIpc) is 3.08. The normalized spacial score (nSPS) is 41.6. The number of hydrogen-bond donors (Lipinski definition) is 2. The number of hydrogen-bond acceptors (Lipinski definition) is 6. The Morgan fingerprint density at radius 3 is 2.55 bits per heavy atom. The molecule has 5 atom stereocenters. The summed E-state index contributed by atoms with van der Waals surface area (Å²) in [6.07, 6.45) is 9.97. The van der Waals surface area contributed by atoms with E-state index in [2.05, 4.69) is 29.7 Å². The van der Waals surface area contributed by atoms with E-state index in [-0.39, 0.29) is 23.6 Å². The summed E-state index contributed by atoms with van der Waals surface area (Å²) >= 11 is 0. The van der Waals surface area contributed by atoms with E-state index in [1.165, 1.54) is 11.1 Å². The molecule has 33 heavy (non-hydrogen) atoms. The van der Waals surface area contributed by atoms with E-state index in [9.17, 15) is 14.7 Å². The lowest BCUT2D eigenvalue weighted by Gasteiger charge is -2.54. The van der Waals surface area contributed by atoms with Crippen LogP contribution in [0.5, 0.6) is 0 Å². The van der Waals surface area contributed by atoms with Crippen LogP contribution in [0.4, 0.5) is 0 Å². The van der Waals surface area contributed by atoms with Gasteiger partial charge in [0, 0.05) is 50.0 Å². The maximum atomic E-state index is 13.6. The molecule has 0 aromatic heterocycles. The Hall–Kier alpha value is -1.34. The van der Waals surface area contributed by atoms with E-state index < -0.39 is 11.0 Å². The van der Waals surface area contributed by atoms with Crippen molar-refractivity contribution in [2.75, 3.05) is 45.9 Å². The largest absolute Gasteiger partial charge is 0.395 e. The van der Waals surface area contributed by atoms with Gasteiger partial charge in [-0.2, -0.15) is 0 Å². The predicted octanol–water partition coefficient (Wildman–Crippen LogP) is 2.35. The number of Topliss-reactive ketones (excluding diaryl/α,β-unsaturated/α-hetero) is 1. The maximum absolute atomic E-state index is 13.6. The fourth-order valence-corrected chi connectivity index (χ4v) is 7.97. The van der Waals surface area contributed by atoms with Gasteiger partial charge in [0.05, 0.1) is 13.2 Å². The molecule has 4 aliphatic carbocycles. The van der Waals surface area contributed by atoms with E-state index in [0.29, 0.717) is 37.8 Å². The highest BCUT2D eigenvalue weighted by molar-refractivity contribution is 5.92. The molecule has 1 saturated heterocycles. The third-order valence-corrected chi connectivity index (χ3v) is 10.2. The molecule has 1 heterocycles. The van der Waals surface area contributed by atoms with Crippen molar-refractivity contribution in [1.82, 2.24) is 9.80 Å². The van der Waals surface area contributed by atoms with Crippen LogP contribution in [-0.4, -0.2) is 83.1 Å². The molecule has 6 nitrogen and oxygen atoms in total. The van der Waals surface area contributed by atoms with E-state index in [1.54, 1.807) is 0 Å². The molecule has 2 N–H and O–H groups in total. The lowest BCUT2D eigenvalue weighted by molar-refractivity contribution is -0.154. The predicted molar refractivity (Wildman–Crippen MR) is 127 cm³/mol. The molecule has 182 valence electrons. The van der Waals surface area contributed by atoms with Gasteiger partial charge in [-0.1, -0.05) is 31.1 Å². The number of ketones is 2. The Bertz CT molecular complexity index is 889. The molecular formula is C27H40N2O4. The summed E-state index contributed by atoms with van der Waals surface area (Å²) < 4.78 is 0.